The molecule has 0 unspecified atom stereocenters. The minimum atomic E-state index is -0.334. The van der Waals surface area contributed by atoms with Crippen molar-refractivity contribution in [3.8, 4) is 11.5 Å². The van der Waals surface area contributed by atoms with E-state index in [0.29, 0.717) is 33.8 Å². The molecule has 1 amide bonds. The zero-order valence-electron chi connectivity index (χ0n) is 12.6. The van der Waals surface area contributed by atoms with E-state index < -0.39 is 0 Å². The van der Waals surface area contributed by atoms with Crippen LogP contribution in [0, 0.1) is 0 Å². The maximum Gasteiger partial charge on any atom is 0.262 e. The highest BCUT2D eigenvalue weighted by molar-refractivity contribution is 6.43. The molecule has 6 heteroatoms. The molecule has 4 nitrogen and oxygen atoms in total. The van der Waals surface area contributed by atoms with E-state index in [-0.39, 0.29) is 12.5 Å². The molecule has 23 heavy (non-hydrogen) atoms. The topological polar surface area (TPSA) is 47.6 Å². The van der Waals surface area contributed by atoms with Crippen LogP contribution in [0.4, 0.5) is 5.69 Å². The van der Waals surface area contributed by atoms with Gasteiger partial charge in [-0.2, -0.15) is 0 Å². The highest BCUT2D eigenvalue weighted by Gasteiger charge is 2.10. The Labute approximate surface area is 145 Å². The lowest BCUT2D eigenvalue weighted by Gasteiger charge is -2.12. The average Bonchev–Trinajstić information content (AvgIpc) is 2.56. The van der Waals surface area contributed by atoms with Crippen molar-refractivity contribution in [3.05, 3.63) is 52.5 Å². The van der Waals surface area contributed by atoms with Crippen LogP contribution in [0.3, 0.4) is 0 Å². The third kappa shape index (κ3) is 5.05. The lowest BCUT2D eigenvalue weighted by Crippen LogP contribution is -2.20. The molecule has 0 atom stereocenters. The smallest absolute Gasteiger partial charge is 0.262 e. The number of anilines is 1. The fraction of sp³-hybridized carbons (Fsp3) is 0.235. The lowest BCUT2D eigenvalue weighted by molar-refractivity contribution is -0.118. The quantitative estimate of drug-likeness (QED) is 0.777. The van der Waals surface area contributed by atoms with E-state index in [1.807, 2.05) is 19.1 Å². The van der Waals surface area contributed by atoms with Gasteiger partial charge in [-0.05, 0) is 30.7 Å². The van der Waals surface area contributed by atoms with Gasteiger partial charge in [-0.1, -0.05) is 48.3 Å². The predicted molar refractivity (Wildman–Crippen MR) is 92.8 cm³/mol. The first-order chi connectivity index (χ1) is 11.1. The molecule has 0 bridgehead atoms. The number of amides is 1. The summed E-state index contributed by atoms with van der Waals surface area (Å²) in [5, 5.41) is 3.34. The highest BCUT2D eigenvalue weighted by atomic mass is 35.5. The van der Waals surface area contributed by atoms with Crippen molar-refractivity contribution < 1.29 is 14.3 Å². The van der Waals surface area contributed by atoms with Gasteiger partial charge in [-0.15, -0.1) is 0 Å². The number of hydrogen-bond acceptors (Lipinski definition) is 3. The maximum atomic E-state index is 12.0. The number of rotatable bonds is 7. The van der Waals surface area contributed by atoms with Gasteiger partial charge in [0.15, 0.2) is 18.1 Å². The van der Waals surface area contributed by atoms with E-state index in [1.54, 1.807) is 30.3 Å². The van der Waals surface area contributed by atoms with Gasteiger partial charge < -0.3 is 14.8 Å². The number of nitrogens with one attached hydrogen (secondary N) is 1. The SMILES string of the molecule is CCCOc1ccccc1OCC(=O)Nc1cccc(Cl)c1Cl. The number of carbonyl (C=O) groups is 1. The van der Waals surface area contributed by atoms with Crippen LogP contribution in [0.1, 0.15) is 13.3 Å². The molecule has 1 N–H and O–H groups in total. The van der Waals surface area contributed by atoms with E-state index in [4.69, 9.17) is 32.7 Å². The van der Waals surface area contributed by atoms with Gasteiger partial charge in [0.2, 0.25) is 0 Å². The summed E-state index contributed by atoms with van der Waals surface area (Å²) in [7, 11) is 0. The van der Waals surface area contributed by atoms with Crippen molar-refractivity contribution in [2.75, 3.05) is 18.5 Å². The first kappa shape index (κ1) is 17.4. The van der Waals surface area contributed by atoms with E-state index in [2.05, 4.69) is 5.32 Å². The third-order valence-electron chi connectivity index (χ3n) is 2.90. The van der Waals surface area contributed by atoms with Crippen LogP contribution < -0.4 is 14.8 Å². The summed E-state index contributed by atoms with van der Waals surface area (Å²) in [6.07, 6.45) is 0.891. The fourth-order valence-electron chi connectivity index (χ4n) is 1.83. The molecule has 0 aliphatic carbocycles. The van der Waals surface area contributed by atoms with Crippen molar-refractivity contribution in [2.24, 2.45) is 0 Å². The number of halogens is 2. The second-order valence-electron chi connectivity index (χ2n) is 4.73. The summed E-state index contributed by atoms with van der Waals surface area (Å²) in [6.45, 7) is 2.45. The summed E-state index contributed by atoms with van der Waals surface area (Å²) >= 11 is 11.9. The first-order valence-electron chi connectivity index (χ1n) is 7.20. The summed E-state index contributed by atoms with van der Waals surface area (Å²) in [6, 6.07) is 12.3. The van der Waals surface area contributed by atoms with Crippen LogP contribution in [0.15, 0.2) is 42.5 Å². The van der Waals surface area contributed by atoms with E-state index in [9.17, 15) is 4.79 Å². The standard InChI is InChI=1S/C17H17Cl2NO3/c1-2-10-22-14-8-3-4-9-15(14)23-11-16(21)20-13-7-5-6-12(18)17(13)19/h3-9H,2,10-11H2,1H3,(H,20,21). The summed E-state index contributed by atoms with van der Waals surface area (Å²) in [5.74, 6) is 0.802. The zero-order valence-corrected chi connectivity index (χ0v) is 14.2. The number of ether oxygens (including phenoxy) is 2. The molecule has 0 spiro atoms. The van der Waals surface area contributed by atoms with Crippen molar-refractivity contribution in [3.63, 3.8) is 0 Å². The van der Waals surface area contributed by atoms with Crippen molar-refractivity contribution >= 4 is 34.8 Å². The Hall–Kier alpha value is -1.91. The lowest BCUT2D eigenvalue weighted by atomic mass is 10.3. The number of benzene rings is 2. The van der Waals surface area contributed by atoms with Crippen molar-refractivity contribution in [1.29, 1.82) is 0 Å². The molecule has 0 aliphatic heterocycles. The largest absolute Gasteiger partial charge is 0.490 e. The molecule has 0 heterocycles. The number of carbonyl (C=O) groups excluding carboxylic acids is 1. The Morgan fingerprint density at radius 3 is 2.43 bits per heavy atom. The molecule has 2 aromatic carbocycles. The number of para-hydroxylation sites is 2. The van der Waals surface area contributed by atoms with Crippen LogP contribution in [0.2, 0.25) is 10.0 Å². The second-order valence-corrected chi connectivity index (χ2v) is 5.52. The molecule has 2 rings (SSSR count). The van der Waals surface area contributed by atoms with Crippen LogP contribution in [-0.4, -0.2) is 19.1 Å². The molecule has 0 saturated carbocycles. The van der Waals surface area contributed by atoms with E-state index in [1.165, 1.54) is 0 Å². The van der Waals surface area contributed by atoms with Crippen molar-refractivity contribution in [1.82, 2.24) is 0 Å². The summed E-state index contributed by atoms with van der Waals surface area (Å²) < 4.78 is 11.1. The van der Waals surface area contributed by atoms with Gasteiger partial charge >= 0.3 is 0 Å². The minimum Gasteiger partial charge on any atom is -0.490 e. The Morgan fingerprint density at radius 1 is 1.04 bits per heavy atom. The Morgan fingerprint density at radius 2 is 1.74 bits per heavy atom. The van der Waals surface area contributed by atoms with Gasteiger partial charge in [0, 0.05) is 0 Å². The van der Waals surface area contributed by atoms with Crippen LogP contribution in [0.5, 0.6) is 11.5 Å². The van der Waals surface area contributed by atoms with Crippen LogP contribution in [0.25, 0.3) is 0 Å². The highest BCUT2D eigenvalue weighted by Crippen LogP contribution is 2.30. The van der Waals surface area contributed by atoms with Gasteiger partial charge in [0.05, 0.1) is 22.3 Å². The summed E-state index contributed by atoms with van der Waals surface area (Å²) in [4.78, 5) is 12.0. The summed E-state index contributed by atoms with van der Waals surface area (Å²) in [5.41, 5.74) is 0.447. The fourth-order valence-corrected chi connectivity index (χ4v) is 2.18. The van der Waals surface area contributed by atoms with Gasteiger partial charge in [-0.3, -0.25) is 4.79 Å². The van der Waals surface area contributed by atoms with Gasteiger partial charge in [0.1, 0.15) is 0 Å². The molecular weight excluding hydrogens is 337 g/mol. The Bertz CT molecular complexity index is 677. The van der Waals surface area contributed by atoms with Gasteiger partial charge in [0.25, 0.3) is 5.91 Å². The van der Waals surface area contributed by atoms with Crippen LogP contribution >= 0.6 is 23.2 Å². The molecule has 0 aromatic heterocycles. The van der Waals surface area contributed by atoms with E-state index in [0.717, 1.165) is 6.42 Å². The van der Waals surface area contributed by atoms with E-state index >= 15 is 0 Å². The molecular formula is C17H17Cl2NO3. The van der Waals surface area contributed by atoms with Gasteiger partial charge in [-0.25, -0.2) is 0 Å². The normalized spacial score (nSPS) is 10.2. The monoisotopic (exact) mass is 353 g/mol. The van der Waals surface area contributed by atoms with Crippen LogP contribution in [-0.2, 0) is 4.79 Å². The molecule has 122 valence electrons. The molecule has 2 aromatic rings. The Kier molecular flexibility index (Phi) is 6.56. The third-order valence-corrected chi connectivity index (χ3v) is 3.71. The second kappa shape index (κ2) is 8.65. The first-order valence-corrected chi connectivity index (χ1v) is 7.96. The molecule has 0 fully saturated rings. The number of hydrogen-bond donors (Lipinski definition) is 1. The maximum absolute atomic E-state index is 12.0. The average molecular weight is 354 g/mol. The minimum absolute atomic E-state index is 0.157. The Balaban J connectivity index is 1.95. The van der Waals surface area contributed by atoms with Crippen molar-refractivity contribution in [2.45, 2.75) is 13.3 Å². The predicted octanol–water partition coefficient (Wildman–Crippen LogP) is 4.80. The molecule has 0 saturated heterocycles. The molecule has 0 aliphatic rings. The zero-order chi connectivity index (χ0) is 16.7. The molecule has 0 radical (unpaired) electrons.